The largest absolute Gasteiger partial charge is 0.389 e. The highest BCUT2D eigenvalue weighted by molar-refractivity contribution is 7.09. The molecule has 0 radical (unpaired) electrons. The molecule has 1 aliphatic rings. The minimum Gasteiger partial charge on any atom is -0.389 e. The van der Waals surface area contributed by atoms with E-state index in [2.05, 4.69) is 24.1 Å². The maximum atomic E-state index is 10.5. The SMILES string of the molecule is CC1CCCC(O)(CNC(C)c2nccs2)C1. The molecule has 1 aromatic rings. The summed E-state index contributed by atoms with van der Waals surface area (Å²) in [6.45, 7) is 5.01. The van der Waals surface area contributed by atoms with E-state index in [4.69, 9.17) is 0 Å². The third-order valence-electron chi connectivity index (χ3n) is 3.63. The molecule has 0 aliphatic heterocycles. The van der Waals surface area contributed by atoms with E-state index in [-0.39, 0.29) is 6.04 Å². The smallest absolute Gasteiger partial charge is 0.109 e. The quantitative estimate of drug-likeness (QED) is 0.868. The van der Waals surface area contributed by atoms with Gasteiger partial charge in [-0.05, 0) is 25.7 Å². The fraction of sp³-hybridized carbons (Fsp3) is 0.769. The Bertz CT molecular complexity index is 341. The second kappa shape index (κ2) is 5.46. The first kappa shape index (κ1) is 13.0. The highest BCUT2D eigenvalue weighted by Crippen LogP contribution is 2.32. The fourth-order valence-electron chi connectivity index (χ4n) is 2.67. The van der Waals surface area contributed by atoms with Crippen LogP contribution in [0.4, 0.5) is 0 Å². The van der Waals surface area contributed by atoms with Crippen molar-refractivity contribution in [2.24, 2.45) is 5.92 Å². The van der Waals surface area contributed by atoms with E-state index in [1.54, 1.807) is 11.3 Å². The van der Waals surface area contributed by atoms with E-state index in [0.29, 0.717) is 12.5 Å². The van der Waals surface area contributed by atoms with E-state index < -0.39 is 5.60 Å². The van der Waals surface area contributed by atoms with Crippen molar-refractivity contribution in [3.8, 4) is 0 Å². The topological polar surface area (TPSA) is 45.1 Å². The Morgan fingerprint density at radius 2 is 2.53 bits per heavy atom. The van der Waals surface area contributed by atoms with Crippen LogP contribution >= 0.6 is 11.3 Å². The predicted molar refractivity (Wildman–Crippen MR) is 71.1 cm³/mol. The van der Waals surface area contributed by atoms with Gasteiger partial charge >= 0.3 is 0 Å². The van der Waals surface area contributed by atoms with Crippen LogP contribution in [-0.2, 0) is 0 Å². The van der Waals surface area contributed by atoms with Crippen molar-refractivity contribution in [3.05, 3.63) is 16.6 Å². The molecule has 0 amide bonds. The van der Waals surface area contributed by atoms with Gasteiger partial charge in [0.15, 0.2) is 0 Å². The average Bonchev–Trinajstić information content (AvgIpc) is 2.79. The zero-order valence-electron chi connectivity index (χ0n) is 10.6. The number of thiazole rings is 1. The number of aliphatic hydroxyl groups is 1. The van der Waals surface area contributed by atoms with Crippen molar-refractivity contribution in [3.63, 3.8) is 0 Å². The number of aromatic nitrogens is 1. The van der Waals surface area contributed by atoms with Crippen molar-refractivity contribution in [2.45, 2.75) is 51.2 Å². The molecule has 3 nitrogen and oxygen atoms in total. The minimum absolute atomic E-state index is 0.233. The molecule has 17 heavy (non-hydrogen) atoms. The predicted octanol–water partition coefficient (Wildman–Crippen LogP) is 2.73. The monoisotopic (exact) mass is 254 g/mol. The molecule has 0 aromatic carbocycles. The molecular weight excluding hydrogens is 232 g/mol. The van der Waals surface area contributed by atoms with Gasteiger partial charge in [0, 0.05) is 18.1 Å². The molecule has 4 heteroatoms. The Morgan fingerprint density at radius 3 is 3.18 bits per heavy atom. The lowest BCUT2D eigenvalue weighted by molar-refractivity contribution is -0.0134. The Balaban J connectivity index is 1.84. The van der Waals surface area contributed by atoms with Crippen LogP contribution in [0.2, 0.25) is 0 Å². The van der Waals surface area contributed by atoms with E-state index in [1.807, 2.05) is 11.6 Å². The van der Waals surface area contributed by atoms with Crippen LogP contribution in [0.3, 0.4) is 0 Å². The van der Waals surface area contributed by atoms with E-state index in [1.165, 1.54) is 6.42 Å². The standard InChI is InChI=1S/C13H22N2OS/c1-10-4-3-5-13(16,8-10)9-15-11(2)12-14-6-7-17-12/h6-7,10-11,15-16H,3-5,8-9H2,1-2H3. The van der Waals surface area contributed by atoms with Gasteiger partial charge in [-0.1, -0.05) is 19.8 Å². The number of nitrogens with zero attached hydrogens (tertiary/aromatic N) is 1. The number of nitrogens with one attached hydrogen (secondary N) is 1. The molecule has 0 spiro atoms. The van der Waals surface area contributed by atoms with Crippen molar-refractivity contribution in [2.75, 3.05) is 6.54 Å². The molecular formula is C13H22N2OS. The summed E-state index contributed by atoms with van der Waals surface area (Å²) in [5.74, 6) is 0.644. The number of hydrogen-bond donors (Lipinski definition) is 2. The van der Waals surface area contributed by atoms with Gasteiger partial charge in [0.25, 0.3) is 0 Å². The molecule has 2 rings (SSSR count). The second-order valence-electron chi connectivity index (χ2n) is 5.40. The van der Waals surface area contributed by atoms with Crippen LogP contribution in [-0.4, -0.2) is 22.2 Å². The van der Waals surface area contributed by atoms with Crippen molar-refractivity contribution < 1.29 is 5.11 Å². The highest BCUT2D eigenvalue weighted by Gasteiger charge is 2.32. The molecule has 1 aliphatic carbocycles. The van der Waals surface area contributed by atoms with Crippen LogP contribution < -0.4 is 5.32 Å². The second-order valence-corrected chi connectivity index (χ2v) is 6.32. The minimum atomic E-state index is -0.511. The van der Waals surface area contributed by atoms with E-state index >= 15 is 0 Å². The lowest BCUT2D eigenvalue weighted by atomic mass is 9.79. The summed E-state index contributed by atoms with van der Waals surface area (Å²) >= 11 is 1.66. The lowest BCUT2D eigenvalue weighted by Gasteiger charge is -2.36. The number of rotatable bonds is 4. The normalized spacial score (nSPS) is 31.4. The van der Waals surface area contributed by atoms with Crippen LogP contribution in [0, 0.1) is 5.92 Å². The molecule has 96 valence electrons. The molecule has 0 bridgehead atoms. The van der Waals surface area contributed by atoms with Gasteiger partial charge in [-0.2, -0.15) is 0 Å². The van der Waals surface area contributed by atoms with Crippen molar-refractivity contribution in [1.82, 2.24) is 10.3 Å². The zero-order chi connectivity index (χ0) is 12.3. The van der Waals surface area contributed by atoms with Gasteiger partial charge in [0.05, 0.1) is 11.6 Å². The van der Waals surface area contributed by atoms with Crippen LogP contribution in [0.15, 0.2) is 11.6 Å². The molecule has 1 heterocycles. The highest BCUT2D eigenvalue weighted by atomic mass is 32.1. The van der Waals surface area contributed by atoms with Crippen molar-refractivity contribution in [1.29, 1.82) is 0 Å². The van der Waals surface area contributed by atoms with Crippen LogP contribution in [0.1, 0.15) is 50.6 Å². The third kappa shape index (κ3) is 3.50. The van der Waals surface area contributed by atoms with Crippen molar-refractivity contribution >= 4 is 11.3 Å². The maximum Gasteiger partial charge on any atom is 0.109 e. The number of hydrogen-bond acceptors (Lipinski definition) is 4. The van der Waals surface area contributed by atoms with E-state index in [0.717, 1.165) is 24.3 Å². The summed E-state index contributed by atoms with van der Waals surface area (Å²) in [5, 5.41) is 17.0. The van der Waals surface area contributed by atoms with Crippen LogP contribution in [0.25, 0.3) is 0 Å². The fourth-order valence-corrected chi connectivity index (χ4v) is 3.34. The third-order valence-corrected chi connectivity index (χ3v) is 4.58. The molecule has 0 saturated heterocycles. The first-order valence-corrected chi connectivity index (χ1v) is 7.32. The average molecular weight is 254 g/mol. The van der Waals surface area contributed by atoms with Gasteiger partial charge in [0.2, 0.25) is 0 Å². The Hall–Kier alpha value is -0.450. The Morgan fingerprint density at radius 1 is 1.71 bits per heavy atom. The maximum absolute atomic E-state index is 10.5. The summed E-state index contributed by atoms with van der Waals surface area (Å²) in [5.41, 5.74) is -0.511. The Labute approximate surface area is 107 Å². The van der Waals surface area contributed by atoms with Gasteiger partial charge in [-0.25, -0.2) is 4.98 Å². The molecule has 1 aromatic heterocycles. The first-order valence-electron chi connectivity index (χ1n) is 6.44. The van der Waals surface area contributed by atoms with Gasteiger partial charge in [0.1, 0.15) is 5.01 Å². The summed E-state index contributed by atoms with van der Waals surface area (Å²) in [6, 6.07) is 0.233. The zero-order valence-corrected chi connectivity index (χ0v) is 11.5. The summed E-state index contributed by atoms with van der Waals surface area (Å²) < 4.78 is 0. The van der Waals surface area contributed by atoms with Gasteiger partial charge in [-0.15, -0.1) is 11.3 Å². The lowest BCUT2D eigenvalue weighted by Crippen LogP contribution is -2.44. The van der Waals surface area contributed by atoms with Gasteiger partial charge in [-0.3, -0.25) is 0 Å². The van der Waals surface area contributed by atoms with Gasteiger partial charge < -0.3 is 10.4 Å². The molecule has 3 atom stereocenters. The molecule has 1 saturated carbocycles. The summed E-state index contributed by atoms with van der Waals surface area (Å²) in [6.07, 6.45) is 6.07. The molecule has 1 fully saturated rings. The van der Waals surface area contributed by atoms with Crippen LogP contribution in [0.5, 0.6) is 0 Å². The molecule has 2 N–H and O–H groups in total. The summed E-state index contributed by atoms with van der Waals surface area (Å²) in [4.78, 5) is 4.29. The summed E-state index contributed by atoms with van der Waals surface area (Å²) in [7, 11) is 0. The van der Waals surface area contributed by atoms with E-state index in [9.17, 15) is 5.11 Å². The molecule has 3 unspecified atom stereocenters. The Kier molecular flexibility index (Phi) is 4.17. The first-order chi connectivity index (χ1) is 8.09.